The average Bonchev–Trinajstić information content (AvgIpc) is 2.77. The van der Waals surface area contributed by atoms with E-state index in [2.05, 4.69) is 10.1 Å². The Labute approximate surface area is 111 Å². The molecule has 3 aromatic rings. The first kappa shape index (κ1) is 12.5. The standard InChI is InChI=1S/C13H9F3N4/c14-13(15,16)10-3-1-2-8(6-10)9-4-5-20-11(7-9)18-12(17)19-20/h1-7H,(H2,17,19). The van der Waals surface area contributed by atoms with E-state index in [-0.39, 0.29) is 5.95 Å². The van der Waals surface area contributed by atoms with Crippen LogP contribution in [0.4, 0.5) is 19.1 Å². The molecule has 0 saturated heterocycles. The molecule has 3 rings (SSSR count). The number of hydrogen-bond donors (Lipinski definition) is 1. The molecule has 0 unspecified atom stereocenters. The Hall–Kier alpha value is -2.57. The highest BCUT2D eigenvalue weighted by molar-refractivity contribution is 5.68. The first-order chi connectivity index (χ1) is 9.43. The Morgan fingerprint density at radius 3 is 2.55 bits per heavy atom. The molecule has 102 valence electrons. The molecule has 0 fully saturated rings. The number of halogens is 3. The normalized spacial score (nSPS) is 11.9. The molecule has 4 nitrogen and oxygen atoms in total. The molecule has 0 radical (unpaired) electrons. The minimum absolute atomic E-state index is 0.117. The minimum atomic E-state index is -4.36. The second-order valence-corrected chi connectivity index (χ2v) is 4.27. The van der Waals surface area contributed by atoms with E-state index in [1.807, 2.05) is 0 Å². The Morgan fingerprint density at radius 1 is 1.05 bits per heavy atom. The van der Waals surface area contributed by atoms with E-state index in [0.29, 0.717) is 16.8 Å². The highest BCUT2D eigenvalue weighted by Crippen LogP contribution is 2.32. The number of pyridine rings is 1. The third kappa shape index (κ3) is 2.18. The van der Waals surface area contributed by atoms with Crippen molar-refractivity contribution in [3.63, 3.8) is 0 Å². The van der Waals surface area contributed by atoms with Gasteiger partial charge in [-0.3, -0.25) is 0 Å². The van der Waals surface area contributed by atoms with E-state index < -0.39 is 11.7 Å². The lowest BCUT2D eigenvalue weighted by Gasteiger charge is -2.08. The number of fused-ring (bicyclic) bond motifs is 1. The maximum absolute atomic E-state index is 12.7. The van der Waals surface area contributed by atoms with E-state index in [1.165, 1.54) is 10.6 Å². The average molecular weight is 278 g/mol. The lowest BCUT2D eigenvalue weighted by atomic mass is 10.0. The van der Waals surface area contributed by atoms with Crippen molar-refractivity contribution in [2.45, 2.75) is 6.18 Å². The van der Waals surface area contributed by atoms with Crippen molar-refractivity contribution in [2.75, 3.05) is 5.73 Å². The fraction of sp³-hybridized carbons (Fsp3) is 0.0769. The van der Waals surface area contributed by atoms with Gasteiger partial charge in [0.2, 0.25) is 5.95 Å². The van der Waals surface area contributed by atoms with Crippen molar-refractivity contribution in [2.24, 2.45) is 0 Å². The van der Waals surface area contributed by atoms with Crippen LogP contribution >= 0.6 is 0 Å². The summed E-state index contributed by atoms with van der Waals surface area (Å²) in [6, 6.07) is 8.43. The number of rotatable bonds is 1. The van der Waals surface area contributed by atoms with Gasteiger partial charge < -0.3 is 5.73 Å². The molecule has 0 aliphatic carbocycles. The smallest absolute Gasteiger partial charge is 0.366 e. The maximum atomic E-state index is 12.7. The van der Waals surface area contributed by atoms with Crippen LogP contribution in [-0.4, -0.2) is 14.6 Å². The SMILES string of the molecule is Nc1nc2cc(-c3cccc(C(F)(F)F)c3)ccn2n1. The van der Waals surface area contributed by atoms with Gasteiger partial charge in [0.1, 0.15) is 0 Å². The van der Waals surface area contributed by atoms with Gasteiger partial charge in [-0.1, -0.05) is 12.1 Å². The van der Waals surface area contributed by atoms with Gasteiger partial charge >= 0.3 is 6.18 Å². The number of anilines is 1. The zero-order chi connectivity index (χ0) is 14.3. The molecule has 1 aromatic carbocycles. The van der Waals surface area contributed by atoms with Gasteiger partial charge in [0.15, 0.2) is 5.65 Å². The molecule has 0 aliphatic rings. The summed E-state index contributed by atoms with van der Waals surface area (Å²) < 4.78 is 39.6. The summed E-state index contributed by atoms with van der Waals surface area (Å²) in [5, 5.41) is 3.91. The monoisotopic (exact) mass is 278 g/mol. The lowest BCUT2D eigenvalue weighted by Crippen LogP contribution is -2.04. The van der Waals surface area contributed by atoms with Crippen molar-refractivity contribution in [1.29, 1.82) is 0 Å². The molecule has 0 atom stereocenters. The van der Waals surface area contributed by atoms with Crippen molar-refractivity contribution >= 4 is 11.6 Å². The highest BCUT2D eigenvalue weighted by atomic mass is 19.4. The summed E-state index contributed by atoms with van der Waals surface area (Å²) >= 11 is 0. The predicted octanol–water partition coefficient (Wildman–Crippen LogP) is 3.00. The number of nitrogen functional groups attached to an aromatic ring is 1. The van der Waals surface area contributed by atoms with Crippen LogP contribution < -0.4 is 5.73 Å². The quantitative estimate of drug-likeness (QED) is 0.744. The zero-order valence-corrected chi connectivity index (χ0v) is 10.1. The summed E-state index contributed by atoms with van der Waals surface area (Å²) in [6.07, 6.45) is -2.76. The first-order valence-electron chi connectivity index (χ1n) is 5.73. The topological polar surface area (TPSA) is 56.2 Å². The van der Waals surface area contributed by atoms with Crippen molar-refractivity contribution in [1.82, 2.24) is 14.6 Å². The summed E-state index contributed by atoms with van der Waals surface area (Å²) in [5.41, 5.74) is 6.35. The highest BCUT2D eigenvalue weighted by Gasteiger charge is 2.30. The van der Waals surface area contributed by atoms with E-state index in [4.69, 9.17) is 5.73 Å². The van der Waals surface area contributed by atoms with Crippen molar-refractivity contribution < 1.29 is 13.2 Å². The van der Waals surface area contributed by atoms with Gasteiger partial charge in [-0.05, 0) is 35.4 Å². The van der Waals surface area contributed by atoms with E-state index in [1.54, 1.807) is 24.4 Å². The molecule has 0 aliphatic heterocycles. The Morgan fingerprint density at radius 2 is 1.80 bits per heavy atom. The van der Waals surface area contributed by atoms with Crippen LogP contribution in [0.5, 0.6) is 0 Å². The number of alkyl halides is 3. The summed E-state index contributed by atoms with van der Waals surface area (Å²) in [7, 11) is 0. The van der Waals surface area contributed by atoms with Crippen LogP contribution in [0.1, 0.15) is 5.56 Å². The Kier molecular flexibility index (Phi) is 2.63. The molecule has 2 aromatic heterocycles. The molecule has 20 heavy (non-hydrogen) atoms. The van der Waals surface area contributed by atoms with Crippen molar-refractivity contribution in [3.8, 4) is 11.1 Å². The van der Waals surface area contributed by atoms with Gasteiger partial charge in [0, 0.05) is 6.20 Å². The molecular formula is C13H9F3N4. The number of benzene rings is 1. The van der Waals surface area contributed by atoms with Crippen LogP contribution in [0.3, 0.4) is 0 Å². The molecule has 2 N–H and O–H groups in total. The molecule has 7 heteroatoms. The zero-order valence-electron chi connectivity index (χ0n) is 10.1. The summed E-state index contributed by atoms with van der Waals surface area (Å²) in [5.74, 6) is 0.117. The van der Waals surface area contributed by atoms with E-state index in [0.717, 1.165) is 12.1 Å². The number of nitrogens with two attached hydrogens (primary N) is 1. The third-order valence-electron chi connectivity index (χ3n) is 2.88. The largest absolute Gasteiger partial charge is 0.416 e. The number of nitrogens with zero attached hydrogens (tertiary/aromatic N) is 3. The van der Waals surface area contributed by atoms with Crippen LogP contribution in [0, 0.1) is 0 Å². The van der Waals surface area contributed by atoms with Gasteiger partial charge in [0.25, 0.3) is 0 Å². The van der Waals surface area contributed by atoms with Crippen LogP contribution in [-0.2, 0) is 6.18 Å². The summed E-state index contributed by atoms with van der Waals surface area (Å²) in [6.45, 7) is 0. The van der Waals surface area contributed by atoms with Gasteiger partial charge in [-0.15, -0.1) is 5.10 Å². The van der Waals surface area contributed by atoms with E-state index in [9.17, 15) is 13.2 Å². The fourth-order valence-corrected chi connectivity index (χ4v) is 1.95. The van der Waals surface area contributed by atoms with Crippen LogP contribution in [0.2, 0.25) is 0 Å². The fourth-order valence-electron chi connectivity index (χ4n) is 1.95. The second kappa shape index (κ2) is 4.22. The van der Waals surface area contributed by atoms with Gasteiger partial charge in [-0.2, -0.15) is 18.2 Å². The lowest BCUT2D eigenvalue weighted by molar-refractivity contribution is -0.137. The third-order valence-corrected chi connectivity index (χ3v) is 2.88. The van der Waals surface area contributed by atoms with E-state index >= 15 is 0 Å². The Balaban J connectivity index is 2.10. The minimum Gasteiger partial charge on any atom is -0.366 e. The van der Waals surface area contributed by atoms with Gasteiger partial charge in [0.05, 0.1) is 5.56 Å². The predicted molar refractivity (Wildman–Crippen MR) is 67.8 cm³/mol. The van der Waals surface area contributed by atoms with Crippen LogP contribution in [0.25, 0.3) is 16.8 Å². The summed E-state index contributed by atoms with van der Waals surface area (Å²) in [4.78, 5) is 3.98. The molecule has 0 bridgehead atoms. The maximum Gasteiger partial charge on any atom is 0.416 e. The second-order valence-electron chi connectivity index (χ2n) is 4.27. The Bertz CT molecular complexity index is 777. The van der Waals surface area contributed by atoms with Crippen molar-refractivity contribution in [3.05, 3.63) is 48.2 Å². The number of hydrogen-bond acceptors (Lipinski definition) is 3. The van der Waals surface area contributed by atoms with Gasteiger partial charge in [-0.25, -0.2) is 4.52 Å². The first-order valence-corrected chi connectivity index (χ1v) is 5.73. The molecule has 0 spiro atoms. The van der Waals surface area contributed by atoms with Crippen LogP contribution in [0.15, 0.2) is 42.6 Å². The molecule has 2 heterocycles. The molecule has 0 saturated carbocycles. The molecule has 0 amide bonds. The number of aromatic nitrogens is 3. The molecular weight excluding hydrogens is 269 g/mol.